The Morgan fingerprint density at radius 2 is 1.90 bits per heavy atom. The van der Waals surface area contributed by atoms with E-state index in [1.807, 2.05) is 24.3 Å². The van der Waals surface area contributed by atoms with Crippen molar-refractivity contribution >= 4 is 19.9 Å². The minimum Gasteiger partial charge on any atom is -0.412 e. The Bertz CT molecular complexity index is 409. The van der Waals surface area contributed by atoms with Crippen molar-refractivity contribution in [2.75, 3.05) is 7.11 Å². The largest absolute Gasteiger partial charge is 0.412 e. The van der Waals surface area contributed by atoms with E-state index in [1.165, 1.54) is 18.9 Å². The van der Waals surface area contributed by atoms with Gasteiger partial charge >= 0.3 is 0 Å². The van der Waals surface area contributed by atoms with Crippen LogP contribution in [0.15, 0.2) is 24.3 Å². The van der Waals surface area contributed by atoms with E-state index >= 15 is 0 Å². The van der Waals surface area contributed by atoms with Gasteiger partial charge in [0.25, 0.3) is 0 Å². The molecule has 0 heterocycles. The standard InChI is InChI=1S/C16H27ClO2Si/c1-6-7-12-20(4,5)19-13(2)16(18-3)14-10-8-9-11-15(14)17/h8-11,13,16H,6-7,12H2,1-5H3/t13-,16+/m0/s1. The smallest absolute Gasteiger partial charge is 0.187 e. The van der Waals surface area contributed by atoms with Crippen LogP contribution in [0.1, 0.15) is 38.4 Å². The van der Waals surface area contributed by atoms with Crippen LogP contribution >= 0.6 is 11.6 Å². The summed E-state index contributed by atoms with van der Waals surface area (Å²) in [7, 11) is 0.0770. The topological polar surface area (TPSA) is 18.5 Å². The van der Waals surface area contributed by atoms with E-state index in [2.05, 4.69) is 26.9 Å². The maximum absolute atomic E-state index is 6.36. The molecular formula is C16H27ClO2Si. The first-order valence-corrected chi connectivity index (χ1v) is 10.9. The summed E-state index contributed by atoms with van der Waals surface area (Å²) in [6.07, 6.45) is 2.35. The highest BCUT2D eigenvalue weighted by atomic mass is 35.5. The van der Waals surface area contributed by atoms with E-state index in [0.29, 0.717) is 0 Å². The van der Waals surface area contributed by atoms with Crippen molar-refractivity contribution in [3.63, 3.8) is 0 Å². The van der Waals surface area contributed by atoms with E-state index in [4.69, 9.17) is 20.8 Å². The number of hydrogen-bond donors (Lipinski definition) is 0. The maximum atomic E-state index is 6.36. The van der Waals surface area contributed by atoms with Gasteiger partial charge in [-0.25, -0.2) is 0 Å². The first kappa shape index (κ1) is 17.7. The van der Waals surface area contributed by atoms with Gasteiger partial charge in [0.15, 0.2) is 8.32 Å². The second-order valence-corrected chi connectivity index (χ2v) is 10.5. The summed E-state index contributed by atoms with van der Waals surface area (Å²) in [4.78, 5) is 0. The Labute approximate surface area is 129 Å². The summed E-state index contributed by atoms with van der Waals surface area (Å²) in [6, 6.07) is 9.02. The molecule has 1 aromatic rings. The van der Waals surface area contributed by atoms with Gasteiger partial charge in [0, 0.05) is 17.7 Å². The Balaban J connectivity index is 2.78. The van der Waals surface area contributed by atoms with Gasteiger partial charge in [-0.1, -0.05) is 49.6 Å². The van der Waals surface area contributed by atoms with E-state index in [1.54, 1.807) is 7.11 Å². The summed E-state index contributed by atoms with van der Waals surface area (Å²) in [5, 5.41) is 0.739. The minimum atomic E-state index is -1.64. The zero-order valence-electron chi connectivity index (χ0n) is 13.3. The fourth-order valence-electron chi connectivity index (χ4n) is 2.50. The van der Waals surface area contributed by atoms with Gasteiger partial charge in [-0.3, -0.25) is 0 Å². The highest BCUT2D eigenvalue weighted by molar-refractivity contribution is 6.71. The lowest BCUT2D eigenvalue weighted by molar-refractivity contribution is 0.00510. The molecule has 0 bridgehead atoms. The Hall–Kier alpha value is -0.353. The van der Waals surface area contributed by atoms with Gasteiger partial charge in [0.05, 0.1) is 6.10 Å². The average molecular weight is 315 g/mol. The number of rotatable bonds is 8. The van der Waals surface area contributed by atoms with Gasteiger partial charge in [-0.2, -0.15) is 0 Å². The summed E-state index contributed by atoms with van der Waals surface area (Å²) >= 11 is 6.27. The van der Waals surface area contributed by atoms with Crippen molar-refractivity contribution in [1.29, 1.82) is 0 Å². The van der Waals surface area contributed by atoms with Crippen LogP contribution in [0.2, 0.25) is 24.2 Å². The monoisotopic (exact) mass is 314 g/mol. The lowest BCUT2D eigenvalue weighted by atomic mass is 10.1. The zero-order chi connectivity index (χ0) is 15.2. The van der Waals surface area contributed by atoms with Crippen molar-refractivity contribution in [3.05, 3.63) is 34.9 Å². The predicted octanol–water partition coefficient (Wildman–Crippen LogP) is 5.44. The minimum absolute atomic E-state index is 0.0124. The second kappa shape index (κ2) is 8.18. The molecule has 0 aromatic heterocycles. The highest BCUT2D eigenvalue weighted by Crippen LogP contribution is 2.31. The molecule has 0 radical (unpaired) electrons. The fourth-order valence-corrected chi connectivity index (χ4v) is 5.20. The summed E-state index contributed by atoms with van der Waals surface area (Å²) in [5.74, 6) is 0. The van der Waals surface area contributed by atoms with Gasteiger partial charge < -0.3 is 9.16 Å². The molecule has 0 amide bonds. The van der Waals surface area contributed by atoms with Crippen molar-refractivity contribution in [2.45, 2.75) is 58.0 Å². The Morgan fingerprint density at radius 1 is 1.25 bits per heavy atom. The third-order valence-electron chi connectivity index (χ3n) is 3.53. The molecule has 20 heavy (non-hydrogen) atoms. The summed E-state index contributed by atoms with van der Waals surface area (Å²) in [6.45, 7) is 8.85. The number of unbranched alkanes of at least 4 members (excludes halogenated alkanes) is 1. The number of methoxy groups -OCH3 is 1. The molecule has 2 nitrogen and oxygen atoms in total. The molecule has 0 unspecified atom stereocenters. The maximum Gasteiger partial charge on any atom is 0.187 e. The average Bonchev–Trinajstić information content (AvgIpc) is 2.39. The molecule has 0 fully saturated rings. The number of hydrogen-bond acceptors (Lipinski definition) is 2. The van der Waals surface area contributed by atoms with Crippen LogP contribution in [-0.2, 0) is 9.16 Å². The van der Waals surface area contributed by atoms with E-state index < -0.39 is 8.32 Å². The normalized spacial score (nSPS) is 15.1. The van der Waals surface area contributed by atoms with Crippen LogP contribution in [0.25, 0.3) is 0 Å². The molecule has 1 rings (SSSR count). The molecule has 0 saturated carbocycles. The predicted molar refractivity (Wildman–Crippen MR) is 88.9 cm³/mol. The number of ether oxygens (including phenoxy) is 1. The molecule has 0 N–H and O–H groups in total. The lowest BCUT2D eigenvalue weighted by Crippen LogP contribution is -2.37. The van der Waals surface area contributed by atoms with Crippen molar-refractivity contribution in [2.24, 2.45) is 0 Å². The second-order valence-electron chi connectivity index (χ2n) is 5.86. The molecule has 0 aliphatic rings. The van der Waals surface area contributed by atoms with Crippen molar-refractivity contribution in [3.8, 4) is 0 Å². The molecular weight excluding hydrogens is 288 g/mol. The SMILES string of the molecule is CCCC[Si](C)(C)O[C@@H](C)[C@@H](OC)c1ccccc1Cl. The Kier molecular flexibility index (Phi) is 7.24. The first-order valence-electron chi connectivity index (χ1n) is 7.36. The summed E-state index contributed by atoms with van der Waals surface area (Å²) < 4.78 is 12.0. The zero-order valence-corrected chi connectivity index (χ0v) is 15.0. The fraction of sp³-hybridized carbons (Fsp3) is 0.625. The van der Waals surface area contributed by atoms with E-state index in [-0.39, 0.29) is 12.2 Å². The molecule has 0 saturated heterocycles. The molecule has 0 aliphatic heterocycles. The van der Waals surface area contributed by atoms with Crippen LogP contribution in [0, 0.1) is 0 Å². The number of benzene rings is 1. The first-order chi connectivity index (χ1) is 9.41. The molecule has 1 aromatic carbocycles. The molecule has 0 aliphatic carbocycles. The Morgan fingerprint density at radius 3 is 2.45 bits per heavy atom. The third kappa shape index (κ3) is 5.21. The quantitative estimate of drug-likeness (QED) is 0.595. The molecule has 4 heteroatoms. The van der Waals surface area contributed by atoms with Crippen LogP contribution in [0.3, 0.4) is 0 Å². The molecule has 0 spiro atoms. The van der Waals surface area contributed by atoms with E-state index in [9.17, 15) is 0 Å². The van der Waals surface area contributed by atoms with E-state index in [0.717, 1.165) is 10.6 Å². The highest BCUT2D eigenvalue weighted by Gasteiger charge is 2.29. The van der Waals surface area contributed by atoms with Gasteiger partial charge in [0.1, 0.15) is 6.10 Å². The van der Waals surface area contributed by atoms with Gasteiger partial charge in [0.2, 0.25) is 0 Å². The summed E-state index contributed by atoms with van der Waals surface area (Å²) in [5.41, 5.74) is 1.00. The lowest BCUT2D eigenvalue weighted by Gasteiger charge is -2.32. The van der Waals surface area contributed by atoms with Crippen LogP contribution in [-0.4, -0.2) is 21.5 Å². The van der Waals surface area contributed by atoms with Crippen molar-refractivity contribution < 1.29 is 9.16 Å². The van der Waals surface area contributed by atoms with Crippen LogP contribution in [0.5, 0.6) is 0 Å². The van der Waals surface area contributed by atoms with Crippen LogP contribution < -0.4 is 0 Å². The van der Waals surface area contributed by atoms with Crippen molar-refractivity contribution in [1.82, 2.24) is 0 Å². The van der Waals surface area contributed by atoms with Crippen LogP contribution in [0.4, 0.5) is 0 Å². The van der Waals surface area contributed by atoms with Gasteiger partial charge in [-0.15, -0.1) is 0 Å². The third-order valence-corrected chi connectivity index (χ3v) is 6.44. The van der Waals surface area contributed by atoms with Gasteiger partial charge in [-0.05, 0) is 32.1 Å². The molecule has 2 atom stereocenters. The number of halogens is 1. The molecule has 114 valence electrons.